The first-order chi connectivity index (χ1) is 6.66. The fraction of sp³-hybridized carbons (Fsp3) is 0.400. The maximum Gasteiger partial charge on any atom is 0.321 e. The van der Waals surface area contributed by atoms with Gasteiger partial charge >= 0.3 is 5.97 Å². The fourth-order valence-electron chi connectivity index (χ4n) is 1.16. The third-order valence-electron chi connectivity index (χ3n) is 1.76. The van der Waals surface area contributed by atoms with Gasteiger partial charge in [-0.25, -0.2) is 0 Å². The smallest absolute Gasteiger partial charge is 0.321 e. The van der Waals surface area contributed by atoms with Crippen LogP contribution in [0.25, 0.3) is 0 Å². The number of esters is 1. The van der Waals surface area contributed by atoms with E-state index in [9.17, 15) is 9.59 Å². The normalized spacial score (nSPS) is 12.1. The number of ketones is 1. The lowest BCUT2D eigenvalue weighted by molar-refractivity contribution is -0.147. The van der Waals surface area contributed by atoms with E-state index in [0.29, 0.717) is 6.61 Å². The quantitative estimate of drug-likeness (QED) is 0.566. The molecule has 1 aromatic rings. The average molecular weight is 212 g/mol. The van der Waals surface area contributed by atoms with Crippen LogP contribution in [0.3, 0.4) is 0 Å². The van der Waals surface area contributed by atoms with Gasteiger partial charge in [-0.1, -0.05) is 6.07 Å². The first-order valence-electron chi connectivity index (χ1n) is 4.37. The standard InChI is InChI=1S/C10H12O3S/c1-3-13-10(12)9(7(2)11)8-5-4-6-14-8/h4-6,9H,3H2,1-2H3. The maximum atomic E-state index is 11.4. The molecule has 0 aliphatic heterocycles. The Hall–Kier alpha value is -1.16. The summed E-state index contributed by atoms with van der Waals surface area (Å²) in [7, 11) is 0. The molecular weight excluding hydrogens is 200 g/mol. The van der Waals surface area contributed by atoms with Crippen LogP contribution in [0, 0.1) is 0 Å². The molecule has 0 aliphatic carbocycles. The third-order valence-corrected chi connectivity index (χ3v) is 2.69. The largest absolute Gasteiger partial charge is 0.465 e. The van der Waals surface area contributed by atoms with Crippen molar-refractivity contribution in [2.45, 2.75) is 19.8 Å². The number of rotatable bonds is 4. The van der Waals surface area contributed by atoms with Gasteiger partial charge in [-0.3, -0.25) is 9.59 Å². The molecule has 0 aliphatic rings. The van der Waals surface area contributed by atoms with Crippen LogP contribution < -0.4 is 0 Å². The lowest BCUT2D eigenvalue weighted by Gasteiger charge is -2.09. The number of ether oxygens (including phenoxy) is 1. The zero-order chi connectivity index (χ0) is 10.6. The molecule has 14 heavy (non-hydrogen) atoms. The van der Waals surface area contributed by atoms with Gasteiger partial charge in [-0.2, -0.15) is 0 Å². The molecule has 4 heteroatoms. The Morgan fingerprint density at radius 2 is 2.29 bits per heavy atom. The number of Topliss-reactive ketones (excluding diaryl/α,β-unsaturated/α-hetero) is 1. The van der Waals surface area contributed by atoms with E-state index in [1.807, 2.05) is 11.4 Å². The van der Waals surface area contributed by atoms with Crippen LogP contribution in [-0.4, -0.2) is 18.4 Å². The van der Waals surface area contributed by atoms with E-state index in [0.717, 1.165) is 4.88 Å². The summed E-state index contributed by atoms with van der Waals surface area (Å²) in [5.41, 5.74) is 0. The van der Waals surface area contributed by atoms with Gasteiger partial charge < -0.3 is 4.74 Å². The van der Waals surface area contributed by atoms with Crippen molar-refractivity contribution >= 4 is 23.1 Å². The number of carbonyl (C=O) groups excluding carboxylic acids is 2. The summed E-state index contributed by atoms with van der Waals surface area (Å²) in [6, 6.07) is 3.59. The molecular formula is C10H12O3S. The van der Waals surface area contributed by atoms with Crippen LogP contribution in [0.2, 0.25) is 0 Å². The van der Waals surface area contributed by atoms with Crippen molar-refractivity contribution < 1.29 is 14.3 Å². The lowest BCUT2D eigenvalue weighted by Crippen LogP contribution is -2.21. The van der Waals surface area contributed by atoms with Crippen LogP contribution in [0.1, 0.15) is 24.6 Å². The van der Waals surface area contributed by atoms with Crippen molar-refractivity contribution in [3.8, 4) is 0 Å². The molecule has 0 radical (unpaired) electrons. The summed E-state index contributed by atoms with van der Waals surface area (Å²) in [4.78, 5) is 23.5. The monoisotopic (exact) mass is 212 g/mol. The highest BCUT2D eigenvalue weighted by Crippen LogP contribution is 2.23. The predicted molar refractivity (Wildman–Crippen MR) is 54.4 cm³/mol. The van der Waals surface area contributed by atoms with Gasteiger partial charge in [0.1, 0.15) is 11.7 Å². The summed E-state index contributed by atoms with van der Waals surface area (Å²) in [6.07, 6.45) is 0. The number of carbonyl (C=O) groups is 2. The first kappa shape index (κ1) is 10.9. The van der Waals surface area contributed by atoms with E-state index in [1.165, 1.54) is 18.3 Å². The Morgan fingerprint density at radius 1 is 1.57 bits per heavy atom. The molecule has 76 valence electrons. The van der Waals surface area contributed by atoms with Gasteiger partial charge in [0, 0.05) is 4.88 Å². The molecule has 1 atom stereocenters. The van der Waals surface area contributed by atoms with Gasteiger partial charge in [0.05, 0.1) is 6.61 Å². The molecule has 0 bridgehead atoms. The Bertz CT molecular complexity index is 316. The van der Waals surface area contributed by atoms with E-state index < -0.39 is 11.9 Å². The van der Waals surface area contributed by atoms with Gasteiger partial charge in [0.25, 0.3) is 0 Å². The van der Waals surface area contributed by atoms with Gasteiger partial charge in [-0.15, -0.1) is 11.3 Å². The predicted octanol–water partition coefficient (Wildman–Crippen LogP) is 1.98. The van der Waals surface area contributed by atoms with Crippen LogP contribution in [0.5, 0.6) is 0 Å². The second-order valence-corrected chi connectivity index (χ2v) is 3.79. The van der Waals surface area contributed by atoms with Gasteiger partial charge in [-0.05, 0) is 25.3 Å². The SMILES string of the molecule is CCOC(=O)C(C(C)=O)c1cccs1. The summed E-state index contributed by atoms with van der Waals surface area (Å²) >= 11 is 1.39. The summed E-state index contributed by atoms with van der Waals surface area (Å²) in [6.45, 7) is 3.43. The van der Waals surface area contributed by atoms with Crippen molar-refractivity contribution in [2.24, 2.45) is 0 Å². The highest BCUT2D eigenvalue weighted by molar-refractivity contribution is 7.10. The van der Waals surface area contributed by atoms with Crippen LogP contribution in [0.4, 0.5) is 0 Å². The minimum Gasteiger partial charge on any atom is -0.465 e. The third kappa shape index (κ3) is 2.42. The van der Waals surface area contributed by atoms with Crippen molar-refractivity contribution in [1.29, 1.82) is 0 Å². The van der Waals surface area contributed by atoms with Crippen LogP contribution in [0.15, 0.2) is 17.5 Å². The Balaban J connectivity index is 2.85. The van der Waals surface area contributed by atoms with Gasteiger partial charge in [0.2, 0.25) is 0 Å². The van der Waals surface area contributed by atoms with E-state index in [1.54, 1.807) is 13.0 Å². The molecule has 0 saturated carbocycles. The molecule has 0 saturated heterocycles. The molecule has 0 fully saturated rings. The van der Waals surface area contributed by atoms with Crippen molar-refractivity contribution in [3.63, 3.8) is 0 Å². The lowest BCUT2D eigenvalue weighted by atomic mass is 10.0. The molecule has 1 rings (SSSR count). The summed E-state index contributed by atoms with van der Waals surface area (Å²) < 4.78 is 4.84. The van der Waals surface area contributed by atoms with E-state index in [2.05, 4.69) is 0 Å². The highest BCUT2D eigenvalue weighted by atomic mass is 32.1. The average Bonchev–Trinajstić information content (AvgIpc) is 2.57. The summed E-state index contributed by atoms with van der Waals surface area (Å²) in [5, 5.41) is 1.84. The molecule has 0 N–H and O–H groups in total. The molecule has 1 aromatic heterocycles. The zero-order valence-corrected chi connectivity index (χ0v) is 8.97. The second kappa shape index (κ2) is 4.91. The number of hydrogen-bond donors (Lipinski definition) is 0. The fourth-order valence-corrected chi connectivity index (χ4v) is 2.03. The molecule has 3 nitrogen and oxygen atoms in total. The van der Waals surface area contributed by atoms with E-state index in [4.69, 9.17) is 4.74 Å². The van der Waals surface area contributed by atoms with E-state index >= 15 is 0 Å². The van der Waals surface area contributed by atoms with Crippen molar-refractivity contribution in [3.05, 3.63) is 22.4 Å². The van der Waals surface area contributed by atoms with E-state index in [-0.39, 0.29) is 5.78 Å². The second-order valence-electron chi connectivity index (χ2n) is 2.81. The molecule has 0 amide bonds. The number of hydrogen-bond acceptors (Lipinski definition) is 4. The first-order valence-corrected chi connectivity index (χ1v) is 5.25. The van der Waals surface area contributed by atoms with Crippen molar-refractivity contribution in [1.82, 2.24) is 0 Å². The number of thiophene rings is 1. The minimum atomic E-state index is -0.741. The molecule has 0 aromatic carbocycles. The maximum absolute atomic E-state index is 11.4. The van der Waals surface area contributed by atoms with Gasteiger partial charge in [0.15, 0.2) is 0 Å². The molecule has 1 heterocycles. The Morgan fingerprint density at radius 3 is 2.71 bits per heavy atom. The highest BCUT2D eigenvalue weighted by Gasteiger charge is 2.27. The Kier molecular flexibility index (Phi) is 3.83. The van der Waals surface area contributed by atoms with Crippen LogP contribution >= 0.6 is 11.3 Å². The molecule has 1 unspecified atom stereocenters. The van der Waals surface area contributed by atoms with Crippen LogP contribution in [-0.2, 0) is 14.3 Å². The molecule has 0 spiro atoms. The Labute approximate surface area is 86.7 Å². The summed E-state index contributed by atoms with van der Waals surface area (Å²) in [5.74, 6) is -1.37. The minimum absolute atomic E-state index is 0.175. The topological polar surface area (TPSA) is 43.4 Å². The zero-order valence-electron chi connectivity index (χ0n) is 8.15. The van der Waals surface area contributed by atoms with Crippen molar-refractivity contribution in [2.75, 3.05) is 6.61 Å².